The Morgan fingerprint density at radius 1 is 1.13 bits per heavy atom. The van der Waals surface area contributed by atoms with E-state index in [1.807, 2.05) is 37.3 Å². The van der Waals surface area contributed by atoms with Gasteiger partial charge in [-0.05, 0) is 24.6 Å². The maximum atomic E-state index is 12.3. The van der Waals surface area contributed by atoms with Gasteiger partial charge in [0.1, 0.15) is 5.01 Å². The van der Waals surface area contributed by atoms with Crippen LogP contribution in [0.15, 0.2) is 59.4 Å². The lowest BCUT2D eigenvalue weighted by Gasteiger charge is -2.14. The molecule has 0 radical (unpaired) electrons. The van der Waals surface area contributed by atoms with Gasteiger partial charge in [-0.25, -0.2) is 4.98 Å². The van der Waals surface area contributed by atoms with Gasteiger partial charge < -0.3 is 10.6 Å². The van der Waals surface area contributed by atoms with Crippen LogP contribution in [0.5, 0.6) is 0 Å². The molecule has 0 saturated heterocycles. The summed E-state index contributed by atoms with van der Waals surface area (Å²) in [5.74, 6) is 0. The minimum Gasteiger partial charge on any atom is -0.377 e. The summed E-state index contributed by atoms with van der Waals surface area (Å²) < 4.78 is 1.29. The smallest absolute Gasteiger partial charge is 0.275 e. The standard InChI is InChI=1S/C20H18N6O3S/c1-2-18-24-25-19(27)10-14(23-20(25)30-18)12-21-17-11-15(26(28)29)8-9-16(17)22-13-6-4-3-5-7-13/h3-11,21-22H,2,12H2,1H3. The first-order chi connectivity index (χ1) is 14.5. The number of non-ortho nitro benzene ring substituents is 1. The Kier molecular flexibility index (Phi) is 5.40. The van der Waals surface area contributed by atoms with Gasteiger partial charge >= 0.3 is 0 Å². The van der Waals surface area contributed by atoms with Crippen LogP contribution in [0, 0.1) is 10.1 Å². The van der Waals surface area contributed by atoms with Gasteiger partial charge in [0.2, 0.25) is 4.96 Å². The number of nitrogens with zero attached hydrogens (tertiary/aromatic N) is 4. The maximum Gasteiger partial charge on any atom is 0.275 e. The average Bonchev–Trinajstić information content (AvgIpc) is 3.17. The van der Waals surface area contributed by atoms with Crippen molar-refractivity contribution in [3.05, 3.63) is 85.8 Å². The lowest BCUT2D eigenvalue weighted by Crippen LogP contribution is -2.17. The Balaban J connectivity index is 1.63. The van der Waals surface area contributed by atoms with Crippen LogP contribution in [-0.4, -0.2) is 19.5 Å². The van der Waals surface area contributed by atoms with E-state index in [0.29, 0.717) is 22.0 Å². The van der Waals surface area contributed by atoms with E-state index >= 15 is 0 Å². The van der Waals surface area contributed by atoms with Crippen LogP contribution in [0.2, 0.25) is 0 Å². The molecule has 2 aromatic carbocycles. The van der Waals surface area contributed by atoms with Crippen molar-refractivity contribution in [1.82, 2.24) is 14.6 Å². The second kappa shape index (κ2) is 8.29. The van der Waals surface area contributed by atoms with Gasteiger partial charge in [-0.3, -0.25) is 14.9 Å². The van der Waals surface area contributed by atoms with E-state index in [0.717, 1.165) is 17.1 Å². The van der Waals surface area contributed by atoms with E-state index in [1.54, 1.807) is 6.07 Å². The summed E-state index contributed by atoms with van der Waals surface area (Å²) in [7, 11) is 0. The lowest BCUT2D eigenvalue weighted by molar-refractivity contribution is -0.384. The molecular formula is C20H18N6O3S. The summed E-state index contributed by atoms with van der Waals surface area (Å²) in [6.45, 7) is 2.20. The Hall–Kier alpha value is -3.79. The third-order valence-corrected chi connectivity index (χ3v) is 5.42. The quantitative estimate of drug-likeness (QED) is 0.342. The summed E-state index contributed by atoms with van der Waals surface area (Å²) >= 11 is 1.37. The molecule has 152 valence electrons. The summed E-state index contributed by atoms with van der Waals surface area (Å²) in [6.07, 6.45) is 0.725. The van der Waals surface area contributed by atoms with E-state index < -0.39 is 4.92 Å². The number of aromatic nitrogens is 3. The van der Waals surface area contributed by atoms with E-state index in [9.17, 15) is 14.9 Å². The molecule has 0 aliphatic rings. The zero-order valence-corrected chi connectivity index (χ0v) is 16.8. The lowest BCUT2D eigenvalue weighted by atomic mass is 10.2. The summed E-state index contributed by atoms with van der Waals surface area (Å²) in [6, 6.07) is 15.5. The molecule has 10 heteroatoms. The first-order valence-corrected chi connectivity index (χ1v) is 10.1. The second-order valence-electron chi connectivity index (χ2n) is 6.46. The molecule has 9 nitrogen and oxygen atoms in total. The fraction of sp³-hybridized carbons (Fsp3) is 0.150. The highest BCUT2D eigenvalue weighted by molar-refractivity contribution is 7.16. The molecule has 4 aromatic rings. The van der Waals surface area contributed by atoms with E-state index in [-0.39, 0.29) is 17.8 Å². The van der Waals surface area contributed by atoms with Crippen LogP contribution in [0.3, 0.4) is 0 Å². The van der Waals surface area contributed by atoms with E-state index in [2.05, 4.69) is 20.7 Å². The highest BCUT2D eigenvalue weighted by atomic mass is 32.1. The highest BCUT2D eigenvalue weighted by Gasteiger charge is 2.13. The molecule has 2 heterocycles. The van der Waals surface area contributed by atoms with Gasteiger partial charge in [-0.1, -0.05) is 36.5 Å². The monoisotopic (exact) mass is 422 g/mol. The van der Waals surface area contributed by atoms with Crippen LogP contribution in [0.4, 0.5) is 22.7 Å². The third-order valence-electron chi connectivity index (χ3n) is 4.37. The number of nitro groups is 1. The van der Waals surface area contributed by atoms with Crippen molar-refractivity contribution in [1.29, 1.82) is 0 Å². The van der Waals surface area contributed by atoms with Crippen LogP contribution in [-0.2, 0) is 13.0 Å². The number of aryl methyl sites for hydroxylation is 1. The van der Waals surface area contributed by atoms with Crippen molar-refractivity contribution in [3.63, 3.8) is 0 Å². The van der Waals surface area contributed by atoms with E-state index in [1.165, 1.54) is 34.1 Å². The zero-order chi connectivity index (χ0) is 21.1. The number of hydrogen-bond donors (Lipinski definition) is 2. The Bertz CT molecular complexity index is 1270. The molecule has 0 saturated carbocycles. The largest absolute Gasteiger partial charge is 0.377 e. The predicted molar refractivity (Wildman–Crippen MR) is 117 cm³/mol. The summed E-state index contributed by atoms with van der Waals surface area (Å²) in [5.41, 5.74) is 2.31. The number of rotatable bonds is 7. The van der Waals surface area contributed by atoms with Crippen LogP contribution in [0.25, 0.3) is 4.96 Å². The second-order valence-corrected chi connectivity index (χ2v) is 7.50. The van der Waals surface area contributed by atoms with Gasteiger partial charge in [-0.2, -0.15) is 9.61 Å². The zero-order valence-electron chi connectivity index (χ0n) is 16.0. The molecule has 0 fully saturated rings. The van der Waals surface area contributed by atoms with Crippen LogP contribution < -0.4 is 16.2 Å². The SMILES string of the molecule is CCc1nn2c(=O)cc(CNc3cc([N+](=O)[O-])ccc3Nc3ccccc3)nc2s1. The fourth-order valence-corrected chi connectivity index (χ4v) is 3.75. The molecule has 0 aliphatic heterocycles. The predicted octanol–water partition coefficient (Wildman–Crippen LogP) is 3.98. The Morgan fingerprint density at radius 3 is 2.67 bits per heavy atom. The molecule has 0 atom stereocenters. The first kappa shape index (κ1) is 19.5. The van der Waals surface area contributed by atoms with E-state index in [4.69, 9.17) is 0 Å². The number of nitrogens with one attached hydrogen (secondary N) is 2. The van der Waals surface area contributed by atoms with Gasteiger partial charge in [-0.15, -0.1) is 0 Å². The third kappa shape index (κ3) is 4.13. The fourth-order valence-electron chi connectivity index (χ4n) is 2.89. The first-order valence-electron chi connectivity index (χ1n) is 9.26. The van der Waals surface area contributed by atoms with Crippen molar-refractivity contribution in [2.75, 3.05) is 10.6 Å². The Labute approximate surface area is 175 Å². The maximum absolute atomic E-state index is 12.3. The molecule has 0 unspecified atom stereocenters. The summed E-state index contributed by atoms with van der Waals surface area (Å²) in [4.78, 5) is 28.1. The number of nitro benzene ring substituents is 1. The number of fused-ring (bicyclic) bond motifs is 1. The van der Waals surface area contributed by atoms with Crippen molar-refractivity contribution in [3.8, 4) is 0 Å². The number of para-hydroxylation sites is 1. The summed E-state index contributed by atoms with van der Waals surface area (Å²) in [5, 5.41) is 22.7. The van der Waals surface area contributed by atoms with Crippen molar-refractivity contribution >= 4 is 39.0 Å². The minimum atomic E-state index is -0.447. The van der Waals surface area contributed by atoms with Gasteiger partial charge in [0.05, 0.1) is 28.5 Å². The highest BCUT2D eigenvalue weighted by Crippen LogP contribution is 2.30. The van der Waals surface area contributed by atoms with Crippen molar-refractivity contribution < 1.29 is 4.92 Å². The normalized spacial score (nSPS) is 10.8. The topological polar surface area (TPSA) is 114 Å². The molecule has 0 bridgehead atoms. The molecule has 2 N–H and O–H groups in total. The van der Waals surface area contributed by atoms with Crippen LogP contribution >= 0.6 is 11.3 Å². The molecule has 2 aromatic heterocycles. The molecular weight excluding hydrogens is 404 g/mol. The number of benzene rings is 2. The molecule has 0 spiro atoms. The van der Waals surface area contributed by atoms with Crippen molar-refractivity contribution in [2.24, 2.45) is 0 Å². The van der Waals surface area contributed by atoms with Gasteiger partial charge in [0.15, 0.2) is 0 Å². The molecule has 0 aliphatic carbocycles. The Morgan fingerprint density at radius 2 is 1.93 bits per heavy atom. The number of anilines is 3. The molecule has 30 heavy (non-hydrogen) atoms. The van der Waals surface area contributed by atoms with Gasteiger partial charge in [0.25, 0.3) is 11.2 Å². The van der Waals surface area contributed by atoms with Crippen LogP contribution in [0.1, 0.15) is 17.6 Å². The van der Waals surface area contributed by atoms with Crippen molar-refractivity contribution in [2.45, 2.75) is 19.9 Å². The molecule has 0 amide bonds. The molecule has 4 rings (SSSR count). The minimum absolute atomic E-state index is 0.0327. The number of hydrogen-bond acceptors (Lipinski definition) is 8. The average molecular weight is 422 g/mol. The van der Waals surface area contributed by atoms with Gasteiger partial charge in [0, 0.05) is 23.9 Å².